The summed E-state index contributed by atoms with van der Waals surface area (Å²) in [5.74, 6) is 0.643. The number of phosphoric ester groups is 1. The first-order valence-corrected chi connectivity index (χ1v) is 13.0. The molecule has 4 atom stereocenters. The molecule has 1 N–H and O–H groups in total. The Hall–Kier alpha value is -1.55. The summed E-state index contributed by atoms with van der Waals surface area (Å²) < 4.78 is 30.3. The van der Waals surface area contributed by atoms with E-state index >= 15 is 0 Å². The quantitative estimate of drug-likeness (QED) is 0.254. The van der Waals surface area contributed by atoms with Gasteiger partial charge in [-0.05, 0) is 76.5 Å². The summed E-state index contributed by atoms with van der Waals surface area (Å²) in [5, 5.41) is 11.1. The number of aryl methyl sites for hydroxylation is 1. The third-order valence-electron chi connectivity index (χ3n) is 6.26. The van der Waals surface area contributed by atoms with Crippen LogP contribution < -0.4 is 4.52 Å². The van der Waals surface area contributed by atoms with E-state index in [-0.39, 0.29) is 23.7 Å². The number of hydrogen-bond acceptors (Lipinski definition) is 5. The number of phenols is 1. The van der Waals surface area contributed by atoms with E-state index in [0.717, 1.165) is 49.7 Å². The molecule has 0 spiro atoms. The van der Waals surface area contributed by atoms with E-state index in [0.29, 0.717) is 24.3 Å². The maximum atomic E-state index is 13.2. The SMILES string of the molecule is C=C(C)C1CCC(C)=CC1c1c(O)cc(CCCCC)cc1OP1(=O)OCCC(C)O1. The molecule has 5 nitrogen and oxygen atoms in total. The predicted octanol–water partition coefficient (Wildman–Crippen LogP) is 7.45. The Kier molecular flexibility index (Phi) is 8.07. The van der Waals surface area contributed by atoms with Crippen molar-refractivity contribution in [3.8, 4) is 11.5 Å². The van der Waals surface area contributed by atoms with Gasteiger partial charge >= 0.3 is 7.82 Å². The van der Waals surface area contributed by atoms with Gasteiger partial charge in [0.2, 0.25) is 0 Å². The van der Waals surface area contributed by atoms with Crippen molar-refractivity contribution in [2.45, 2.75) is 84.7 Å². The molecule has 0 bridgehead atoms. The fraction of sp³-hybridized carbons (Fsp3) is 0.600. The lowest BCUT2D eigenvalue weighted by Gasteiger charge is -2.33. The van der Waals surface area contributed by atoms with Crippen LogP contribution in [0.2, 0.25) is 0 Å². The number of hydrogen-bond donors (Lipinski definition) is 1. The van der Waals surface area contributed by atoms with Gasteiger partial charge in [0.1, 0.15) is 11.5 Å². The minimum atomic E-state index is -3.75. The molecule has 0 amide bonds. The Bertz CT molecular complexity index is 875. The zero-order chi connectivity index (χ0) is 22.6. The molecule has 0 saturated carbocycles. The summed E-state index contributed by atoms with van der Waals surface area (Å²) >= 11 is 0. The highest BCUT2D eigenvalue weighted by Gasteiger charge is 2.38. The van der Waals surface area contributed by atoms with Gasteiger partial charge in [0.15, 0.2) is 0 Å². The molecule has 1 aromatic carbocycles. The normalized spacial score (nSPS) is 28.8. The molecular weight excluding hydrogens is 411 g/mol. The van der Waals surface area contributed by atoms with Gasteiger partial charge in [-0.3, -0.25) is 9.05 Å². The zero-order valence-electron chi connectivity index (χ0n) is 19.4. The Morgan fingerprint density at radius 3 is 2.77 bits per heavy atom. The molecule has 172 valence electrons. The first-order valence-electron chi connectivity index (χ1n) is 11.5. The third-order valence-corrected chi connectivity index (χ3v) is 7.79. The minimum absolute atomic E-state index is 0.0974. The Balaban J connectivity index is 2.05. The number of phosphoric acid groups is 1. The number of benzene rings is 1. The zero-order valence-corrected chi connectivity index (χ0v) is 20.2. The third kappa shape index (κ3) is 6.03. The van der Waals surface area contributed by atoms with Crippen molar-refractivity contribution in [3.63, 3.8) is 0 Å². The smallest absolute Gasteiger partial charge is 0.507 e. The van der Waals surface area contributed by atoms with Crippen LogP contribution >= 0.6 is 7.82 Å². The van der Waals surface area contributed by atoms with Crippen molar-refractivity contribution in [2.75, 3.05) is 6.61 Å². The molecule has 4 unspecified atom stereocenters. The molecule has 0 aromatic heterocycles. The molecule has 6 heteroatoms. The summed E-state index contributed by atoms with van der Waals surface area (Å²) in [5.41, 5.74) is 3.94. The molecule has 2 aliphatic rings. The molecule has 1 fully saturated rings. The Labute approximate surface area is 187 Å². The fourth-order valence-corrected chi connectivity index (χ4v) is 5.93. The van der Waals surface area contributed by atoms with E-state index in [9.17, 15) is 9.67 Å². The second-order valence-electron chi connectivity index (χ2n) is 9.09. The monoisotopic (exact) mass is 448 g/mol. The summed E-state index contributed by atoms with van der Waals surface area (Å²) in [7, 11) is -3.75. The van der Waals surface area contributed by atoms with Crippen LogP contribution in [0.3, 0.4) is 0 Å². The second-order valence-corrected chi connectivity index (χ2v) is 10.6. The van der Waals surface area contributed by atoms with Crippen LogP contribution in [-0.2, 0) is 20.0 Å². The molecule has 31 heavy (non-hydrogen) atoms. The summed E-state index contributed by atoms with van der Waals surface area (Å²) in [6.07, 6.45) is 8.69. The van der Waals surface area contributed by atoms with Crippen LogP contribution in [0, 0.1) is 5.92 Å². The van der Waals surface area contributed by atoms with Gasteiger partial charge < -0.3 is 9.63 Å². The molecule has 3 rings (SSSR count). The van der Waals surface area contributed by atoms with Crippen molar-refractivity contribution >= 4 is 7.82 Å². The van der Waals surface area contributed by atoms with Gasteiger partial charge in [-0.25, -0.2) is 4.57 Å². The highest BCUT2D eigenvalue weighted by molar-refractivity contribution is 7.49. The van der Waals surface area contributed by atoms with Gasteiger partial charge in [0, 0.05) is 11.5 Å². The average molecular weight is 449 g/mol. The average Bonchev–Trinajstić information content (AvgIpc) is 2.67. The second kappa shape index (κ2) is 10.4. The molecule has 1 heterocycles. The van der Waals surface area contributed by atoms with Crippen molar-refractivity contribution in [2.24, 2.45) is 5.92 Å². The van der Waals surface area contributed by atoms with Crippen LogP contribution in [0.5, 0.6) is 11.5 Å². The van der Waals surface area contributed by atoms with Gasteiger partial charge in [-0.15, -0.1) is 0 Å². The van der Waals surface area contributed by atoms with Crippen LogP contribution in [0.4, 0.5) is 0 Å². The first kappa shape index (κ1) is 24.1. The van der Waals surface area contributed by atoms with Crippen LogP contribution in [-0.4, -0.2) is 17.8 Å². The number of rotatable bonds is 8. The van der Waals surface area contributed by atoms with Crippen LogP contribution in [0.25, 0.3) is 0 Å². The number of aromatic hydroxyl groups is 1. The molecular formula is C25H37O5P. The number of unbranched alkanes of at least 4 members (excludes halogenated alkanes) is 2. The molecule has 1 saturated heterocycles. The summed E-state index contributed by atoms with van der Waals surface area (Å²) in [6, 6.07) is 3.73. The largest absolute Gasteiger partial charge is 0.530 e. The van der Waals surface area contributed by atoms with E-state index in [1.807, 2.05) is 26.0 Å². The van der Waals surface area contributed by atoms with Crippen LogP contribution in [0.15, 0.2) is 35.9 Å². The maximum absolute atomic E-state index is 13.2. The van der Waals surface area contributed by atoms with E-state index in [1.54, 1.807) is 0 Å². The van der Waals surface area contributed by atoms with Gasteiger partial charge in [0.05, 0.1) is 12.7 Å². The van der Waals surface area contributed by atoms with Gasteiger partial charge in [0.25, 0.3) is 0 Å². The molecule has 0 radical (unpaired) electrons. The minimum Gasteiger partial charge on any atom is -0.507 e. The van der Waals surface area contributed by atoms with Crippen molar-refractivity contribution in [1.29, 1.82) is 0 Å². The van der Waals surface area contributed by atoms with Crippen LogP contribution in [0.1, 0.15) is 83.3 Å². The van der Waals surface area contributed by atoms with E-state index in [1.165, 1.54) is 5.57 Å². The Morgan fingerprint density at radius 1 is 1.32 bits per heavy atom. The van der Waals surface area contributed by atoms with E-state index in [2.05, 4.69) is 26.5 Å². The topological polar surface area (TPSA) is 65.0 Å². The lowest BCUT2D eigenvalue weighted by atomic mass is 9.73. The van der Waals surface area contributed by atoms with Crippen molar-refractivity contribution < 1.29 is 23.2 Å². The highest BCUT2D eigenvalue weighted by atomic mass is 31.2. The maximum Gasteiger partial charge on any atom is 0.530 e. The lowest BCUT2D eigenvalue weighted by Crippen LogP contribution is -2.21. The van der Waals surface area contributed by atoms with Crippen molar-refractivity contribution in [3.05, 3.63) is 47.1 Å². The van der Waals surface area contributed by atoms with Gasteiger partial charge in [-0.1, -0.05) is 43.6 Å². The number of phenolic OH excluding ortho intramolecular Hbond substituents is 1. The van der Waals surface area contributed by atoms with Gasteiger partial charge in [-0.2, -0.15) is 0 Å². The van der Waals surface area contributed by atoms with Crippen molar-refractivity contribution in [1.82, 2.24) is 0 Å². The molecule has 1 aliphatic heterocycles. The number of allylic oxidation sites excluding steroid dienone is 3. The lowest BCUT2D eigenvalue weighted by molar-refractivity contribution is 0.0606. The molecule has 1 aliphatic carbocycles. The standard InChI is InChI=1S/C25H37O5P/c1-6-7-8-9-20-15-23(26)25(22-14-18(4)10-11-21(22)17(2)3)24(16-20)30-31(27)28-13-12-19(5)29-31/h14-16,19,21-22,26H,2,6-13H2,1,3-5H3. The van der Waals surface area contributed by atoms with E-state index < -0.39 is 7.82 Å². The summed E-state index contributed by atoms with van der Waals surface area (Å²) in [6.45, 7) is 12.7. The molecule has 1 aromatic rings. The predicted molar refractivity (Wildman–Crippen MR) is 125 cm³/mol. The Morgan fingerprint density at radius 2 is 2.10 bits per heavy atom. The highest BCUT2D eigenvalue weighted by Crippen LogP contribution is 2.56. The van der Waals surface area contributed by atoms with E-state index in [4.69, 9.17) is 13.6 Å². The fourth-order valence-electron chi connectivity index (χ4n) is 4.51. The first-order chi connectivity index (χ1) is 14.7. The summed E-state index contributed by atoms with van der Waals surface area (Å²) in [4.78, 5) is 0.